The van der Waals surface area contributed by atoms with E-state index in [2.05, 4.69) is 20.9 Å². The van der Waals surface area contributed by atoms with Crippen molar-refractivity contribution in [1.82, 2.24) is 4.98 Å². The summed E-state index contributed by atoms with van der Waals surface area (Å²) in [5.41, 5.74) is 6.41. The summed E-state index contributed by atoms with van der Waals surface area (Å²) in [6.07, 6.45) is 2.59. The lowest BCUT2D eigenvalue weighted by Crippen LogP contribution is -2.04. The summed E-state index contributed by atoms with van der Waals surface area (Å²) >= 11 is 3.35. The van der Waals surface area contributed by atoms with Gasteiger partial charge in [0.15, 0.2) is 9.84 Å². The van der Waals surface area contributed by atoms with Crippen LogP contribution in [0.15, 0.2) is 45.9 Å². The number of halogens is 1. The summed E-state index contributed by atoms with van der Waals surface area (Å²) in [5, 5.41) is 0. The summed E-state index contributed by atoms with van der Waals surface area (Å²) in [5.74, 6) is 0.534. The third-order valence-corrected chi connectivity index (χ3v) is 4.19. The lowest BCUT2D eigenvalue weighted by molar-refractivity contribution is 0.442. The second-order valence-corrected chi connectivity index (χ2v) is 7.04. The molecule has 5 nitrogen and oxygen atoms in total. The molecule has 0 amide bonds. The van der Waals surface area contributed by atoms with Crippen LogP contribution < -0.4 is 10.5 Å². The van der Waals surface area contributed by atoms with Gasteiger partial charge in [-0.2, -0.15) is 0 Å². The smallest absolute Gasteiger partial charge is 0.238 e. The Balaban J connectivity index is 2.46. The molecule has 2 rings (SSSR count). The highest BCUT2D eigenvalue weighted by Crippen LogP contribution is 2.30. The van der Waals surface area contributed by atoms with E-state index in [4.69, 9.17) is 10.5 Å². The van der Waals surface area contributed by atoms with Crippen molar-refractivity contribution in [2.45, 2.75) is 11.4 Å². The molecule has 0 radical (unpaired) electrons. The second kappa shape index (κ2) is 5.90. The molecule has 0 atom stereocenters. The van der Waals surface area contributed by atoms with Gasteiger partial charge in [-0.15, -0.1) is 0 Å². The zero-order valence-corrected chi connectivity index (χ0v) is 13.1. The van der Waals surface area contributed by atoms with Crippen LogP contribution in [0.1, 0.15) is 5.56 Å². The zero-order valence-electron chi connectivity index (χ0n) is 10.7. The van der Waals surface area contributed by atoms with E-state index < -0.39 is 9.84 Å². The quantitative estimate of drug-likeness (QED) is 0.909. The highest BCUT2D eigenvalue weighted by molar-refractivity contribution is 9.10. The Hall–Kier alpha value is -1.44. The molecule has 0 fully saturated rings. The fourth-order valence-corrected chi connectivity index (χ4v) is 2.79. The topological polar surface area (TPSA) is 82.3 Å². The molecule has 2 aromatic rings. The minimum Gasteiger partial charge on any atom is -0.437 e. The summed E-state index contributed by atoms with van der Waals surface area (Å²) in [6.45, 7) is 0.274. The van der Waals surface area contributed by atoms with Gasteiger partial charge in [-0.25, -0.2) is 13.4 Å². The summed E-state index contributed by atoms with van der Waals surface area (Å²) in [7, 11) is -3.41. The Bertz CT molecular complexity index is 732. The van der Waals surface area contributed by atoms with Crippen molar-refractivity contribution in [3.63, 3.8) is 0 Å². The van der Waals surface area contributed by atoms with Crippen LogP contribution in [0.4, 0.5) is 0 Å². The standard InChI is InChI=1S/C13H13BrN2O3S/c1-20(17,18)12-3-2-6-16-13(12)19-11-5-4-10(14)7-9(11)8-15/h2-7H,8,15H2,1H3. The van der Waals surface area contributed by atoms with Crippen LogP contribution in [0, 0.1) is 0 Å². The number of aromatic nitrogens is 1. The third-order valence-electron chi connectivity index (χ3n) is 2.58. The fourth-order valence-electron chi connectivity index (χ4n) is 1.65. The van der Waals surface area contributed by atoms with Crippen LogP contribution in [0.5, 0.6) is 11.6 Å². The molecule has 1 aromatic carbocycles. The van der Waals surface area contributed by atoms with Crippen molar-refractivity contribution in [3.05, 3.63) is 46.6 Å². The Kier molecular flexibility index (Phi) is 4.42. The highest BCUT2D eigenvalue weighted by Gasteiger charge is 2.17. The molecular weight excluding hydrogens is 344 g/mol. The van der Waals surface area contributed by atoms with Gasteiger partial charge >= 0.3 is 0 Å². The molecule has 1 heterocycles. The normalized spacial score (nSPS) is 11.3. The monoisotopic (exact) mass is 356 g/mol. The fraction of sp³-hybridized carbons (Fsp3) is 0.154. The van der Waals surface area contributed by atoms with E-state index in [1.807, 2.05) is 6.07 Å². The minimum absolute atomic E-state index is 0.0471. The number of hydrogen-bond acceptors (Lipinski definition) is 5. The number of ether oxygens (including phenoxy) is 1. The maximum atomic E-state index is 11.7. The second-order valence-electron chi connectivity index (χ2n) is 4.14. The SMILES string of the molecule is CS(=O)(=O)c1cccnc1Oc1ccc(Br)cc1CN. The van der Waals surface area contributed by atoms with E-state index in [1.165, 1.54) is 12.3 Å². The molecule has 106 valence electrons. The first kappa shape index (κ1) is 15.0. The van der Waals surface area contributed by atoms with Crippen molar-refractivity contribution in [3.8, 4) is 11.6 Å². The van der Waals surface area contributed by atoms with E-state index in [0.717, 1.165) is 16.3 Å². The Morgan fingerprint density at radius 2 is 2.10 bits per heavy atom. The Morgan fingerprint density at radius 3 is 2.75 bits per heavy atom. The highest BCUT2D eigenvalue weighted by atomic mass is 79.9. The molecule has 1 aromatic heterocycles. The summed E-state index contributed by atoms with van der Waals surface area (Å²) in [4.78, 5) is 4.03. The molecule has 0 aliphatic rings. The first-order chi connectivity index (χ1) is 9.41. The molecule has 0 unspecified atom stereocenters. The average molecular weight is 357 g/mol. The van der Waals surface area contributed by atoms with Crippen LogP contribution in [-0.4, -0.2) is 19.7 Å². The Morgan fingerprint density at radius 1 is 1.35 bits per heavy atom. The molecule has 0 bridgehead atoms. The van der Waals surface area contributed by atoms with Crippen molar-refractivity contribution >= 4 is 25.8 Å². The van der Waals surface area contributed by atoms with Crippen LogP contribution in [0.2, 0.25) is 0 Å². The van der Waals surface area contributed by atoms with Gasteiger partial charge in [0.1, 0.15) is 10.6 Å². The number of hydrogen-bond donors (Lipinski definition) is 1. The molecule has 0 spiro atoms. The van der Waals surface area contributed by atoms with Gasteiger partial charge in [0.25, 0.3) is 0 Å². The number of rotatable bonds is 4. The van der Waals surface area contributed by atoms with Gasteiger partial charge in [-0.1, -0.05) is 15.9 Å². The van der Waals surface area contributed by atoms with Crippen LogP contribution in [0.3, 0.4) is 0 Å². The largest absolute Gasteiger partial charge is 0.437 e. The van der Waals surface area contributed by atoms with E-state index in [1.54, 1.807) is 18.2 Å². The summed E-state index contributed by atoms with van der Waals surface area (Å²) in [6, 6.07) is 8.33. The van der Waals surface area contributed by atoms with Gasteiger partial charge < -0.3 is 10.5 Å². The van der Waals surface area contributed by atoms with Crippen molar-refractivity contribution in [1.29, 1.82) is 0 Å². The van der Waals surface area contributed by atoms with Gasteiger partial charge in [-0.3, -0.25) is 0 Å². The zero-order chi connectivity index (χ0) is 14.8. The van der Waals surface area contributed by atoms with E-state index in [9.17, 15) is 8.42 Å². The maximum Gasteiger partial charge on any atom is 0.238 e. The van der Waals surface area contributed by atoms with Crippen molar-refractivity contribution in [2.24, 2.45) is 5.73 Å². The third kappa shape index (κ3) is 3.36. The lowest BCUT2D eigenvalue weighted by Gasteiger charge is -2.11. The molecule has 20 heavy (non-hydrogen) atoms. The molecule has 0 aliphatic carbocycles. The van der Waals surface area contributed by atoms with E-state index in [-0.39, 0.29) is 17.3 Å². The van der Waals surface area contributed by atoms with Gasteiger partial charge in [0, 0.05) is 29.0 Å². The predicted octanol–water partition coefficient (Wildman–Crippen LogP) is 2.50. The van der Waals surface area contributed by atoms with Crippen LogP contribution >= 0.6 is 15.9 Å². The number of sulfone groups is 1. The predicted molar refractivity (Wildman–Crippen MR) is 79.5 cm³/mol. The van der Waals surface area contributed by atoms with Crippen molar-refractivity contribution < 1.29 is 13.2 Å². The van der Waals surface area contributed by atoms with Gasteiger partial charge in [-0.05, 0) is 30.3 Å². The van der Waals surface area contributed by atoms with Crippen LogP contribution in [0.25, 0.3) is 0 Å². The number of nitrogens with two attached hydrogens (primary N) is 1. The number of pyridine rings is 1. The van der Waals surface area contributed by atoms with E-state index >= 15 is 0 Å². The molecule has 0 aliphatic heterocycles. The minimum atomic E-state index is -3.41. The number of benzene rings is 1. The first-order valence-electron chi connectivity index (χ1n) is 5.73. The van der Waals surface area contributed by atoms with Gasteiger partial charge in [0.05, 0.1) is 0 Å². The maximum absolute atomic E-state index is 11.7. The lowest BCUT2D eigenvalue weighted by atomic mass is 10.2. The average Bonchev–Trinajstić information content (AvgIpc) is 2.40. The molecule has 7 heteroatoms. The first-order valence-corrected chi connectivity index (χ1v) is 8.41. The number of nitrogens with zero attached hydrogens (tertiary/aromatic N) is 1. The molecule has 0 saturated carbocycles. The summed E-state index contributed by atoms with van der Waals surface area (Å²) < 4.78 is 29.9. The Labute approximate surface area is 125 Å². The van der Waals surface area contributed by atoms with Gasteiger partial charge in [0.2, 0.25) is 5.88 Å². The molecule has 2 N–H and O–H groups in total. The van der Waals surface area contributed by atoms with Crippen molar-refractivity contribution in [2.75, 3.05) is 6.26 Å². The van der Waals surface area contributed by atoms with Crippen LogP contribution in [-0.2, 0) is 16.4 Å². The molecule has 0 saturated heterocycles. The molecular formula is C13H13BrN2O3S. The van der Waals surface area contributed by atoms with E-state index in [0.29, 0.717) is 5.75 Å².